The topological polar surface area (TPSA) is 64.0 Å². The van der Waals surface area contributed by atoms with Gasteiger partial charge in [-0.25, -0.2) is 13.4 Å². The molecule has 0 bridgehead atoms. The van der Waals surface area contributed by atoms with Crippen molar-refractivity contribution in [2.45, 2.75) is 25.7 Å². The number of rotatable bonds is 4. The molecule has 3 aromatic rings. The fraction of sp³-hybridized carbons (Fsp3) is 0.235. The molecular formula is C17H19N3O2S2. The van der Waals surface area contributed by atoms with Crippen molar-refractivity contribution in [3.05, 3.63) is 52.7 Å². The minimum atomic E-state index is -3.65. The highest BCUT2D eigenvalue weighted by Crippen LogP contribution is 2.32. The van der Waals surface area contributed by atoms with Crippen LogP contribution in [-0.4, -0.2) is 18.0 Å². The summed E-state index contributed by atoms with van der Waals surface area (Å²) in [4.78, 5) is 5.95. The Hall–Kier alpha value is -2.12. The van der Waals surface area contributed by atoms with E-state index in [0.717, 1.165) is 21.3 Å². The number of nitrogens with one attached hydrogen (secondary N) is 1. The zero-order valence-corrected chi connectivity index (χ0v) is 15.6. The van der Waals surface area contributed by atoms with Crippen LogP contribution in [-0.2, 0) is 17.1 Å². The monoisotopic (exact) mass is 361 g/mol. The molecule has 0 aliphatic rings. The molecule has 0 saturated heterocycles. The van der Waals surface area contributed by atoms with E-state index >= 15 is 0 Å². The van der Waals surface area contributed by atoms with Crippen LogP contribution in [0.1, 0.15) is 16.3 Å². The Kier molecular flexibility index (Phi) is 4.23. The van der Waals surface area contributed by atoms with Gasteiger partial charge in [-0.1, -0.05) is 18.2 Å². The molecule has 0 aliphatic carbocycles. The van der Waals surface area contributed by atoms with Crippen LogP contribution in [0.5, 0.6) is 0 Å². The number of aryl methyl sites for hydroxylation is 2. The molecule has 7 heteroatoms. The van der Waals surface area contributed by atoms with Gasteiger partial charge in [-0.2, -0.15) is 0 Å². The van der Waals surface area contributed by atoms with E-state index in [-0.39, 0.29) is 4.90 Å². The number of nitrogens with zero attached hydrogens (tertiary/aromatic N) is 2. The van der Waals surface area contributed by atoms with Crippen molar-refractivity contribution in [2.75, 3.05) is 4.72 Å². The van der Waals surface area contributed by atoms with Gasteiger partial charge in [-0.3, -0.25) is 4.72 Å². The van der Waals surface area contributed by atoms with Crippen molar-refractivity contribution in [2.24, 2.45) is 7.05 Å². The lowest BCUT2D eigenvalue weighted by molar-refractivity contribution is 0.600. The number of aromatic nitrogens is 2. The van der Waals surface area contributed by atoms with Crippen LogP contribution >= 0.6 is 11.3 Å². The molecule has 0 unspecified atom stereocenters. The zero-order chi connectivity index (χ0) is 17.5. The van der Waals surface area contributed by atoms with E-state index in [2.05, 4.69) is 9.71 Å². The molecule has 2 heterocycles. The molecule has 24 heavy (non-hydrogen) atoms. The van der Waals surface area contributed by atoms with Gasteiger partial charge in [0.05, 0.1) is 11.4 Å². The molecular weight excluding hydrogens is 342 g/mol. The molecule has 5 nitrogen and oxygen atoms in total. The number of benzene rings is 1. The largest absolute Gasteiger partial charge is 0.345 e. The Balaban J connectivity index is 2.04. The Bertz CT molecular complexity index is 967. The maximum atomic E-state index is 12.7. The van der Waals surface area contributed by atoms with Gasteiger partial charge in [0, 0.05) is 23.3 Å². The summed E-state index contributed by atoms with van der Waals surface area (Å²) in [7, 11) is -1.79. The van der Waals surface area contributed by atoms with Crippen LogP contribution in [0.15, 0.2) is 41.3 Å². The van der Waals surface area contributed by atoms with Crippen molar-refractivity contribution in [3.8, 4) is 10.7 Å². The Labute approximate surface area is 146 Å². The van der Waals surface area contributed by atoms with Crippen LogP contribution < -0.4 is 4.72 Å². The summed E-state index contributed by atoms with van der Waals surface area (Å²) in [5.41, 5.74) is 3.00. The van der Waals surface area contributed by atoms with Gasteiger partial charge in [0.25, 0.3) is 10.0 Å². The van der Waals surface area contributed by atoms with Crippen molar-refractivity contribution < 1.29 is 8.42 Å². The first-order chi connectivity index (χ1) is 11.3. The summed E-state index contributed by atoms with van der Waals surface area (Å²) >= 11 is 1.57. The van der Waals surface area contributed by atoms with Crippen molar-refractivity contribution in [3.63, 3.8) is 0 Å². The summed E-state index contributed by atoms with van der Waals surface area (Å²) < 4.78 is 30.0. The van der Waals surface area contributed by atoms with E-state index in [4.69, 9.17) is 0 Å². The summed E-state index contributed by atoms with van der Waals surface area (Å²) in [5, 5.41) is 0.830. The van der Waals surface area contributed by atoms with Gasteiger partial charge in [-0.15, -0.1) is 11.3 Å². The van der Waals surface area contributed by atoms with Gasteiger partial charge < -0.3 is 4.57 Å². The maximum Gasteiger partial charge on any atom is 0.263 e. The normalized spacial score (nSPS) is 11.7. The number of thiazole rings is 1. The third-order valence-corrected chi connectivity index (χ3v) is 6.64. The third kappa shape index (κ3) is 2.97. The molecule has 0 fully saturated rings. The lowest BCUT2D eigenvalue weighted by atomic mass is 10.3. The highest BCUT2D eigenvalue weighted by molar-refractivity contribution is 7.92. The second-order valence-corrected chi connectivity index (χ2v) is 8.52. The molecule has 2 aromatic heterocycles. The number of para-hydroxylation sites is 1. The van der Waals surface area contributed by atoms with Gasteiger partial charge in [0.2, 0.25) is 0 Å². The van der Waals surface area contributed by atoms with E-state index in [9.17, 15) is 8.42 Å². The first-order valence-electron chi connectivity index (χ1n) is 7.48. The third-order valence-electron chi connectivity index (χ3n) is 4.05. The average Bonchev–Trinajstić information content (AvgIpc) is 3.01. The van der Waals surface area contributed by atoms with Gasteiger partial charge in [0.15, 0.2) is 0 Å². The summed E-state index contributed by atoms with van der Waals surface area (Å²) in [5.74, 6) is 0. The lowest BCUT2D eigenvalue weighted by Gasteiger charge is -2.07. The van der Waals surface area contributed by atoms with Crippen LogP contribution in [0.2, 0.25) is 0 Å². The fourth-order valence-corrected chi connectivity index (χ4v) is 4.76. The van der Waals surface area contributed by atoms with Crippen LogP contribution in [0, 0.1) is 20.8 Å². The van der Waals surface area contributed by atoms with Gasteiger partial charge in [0.1, 0.15) is 9.90 Å². The van der Waals surface area contributed by atoms with Crippen LogP contribution in [0.4, 0.5) is 5.69 Å². The Morgan fingerprint density at radius 2 is 1.79 bits per heavy atom. The zero-order valence-electron chi connectivity index (χ0n) is 14.0. The van der Waals surface area contributed by atoms with Crippen molar-refractivity contribution in [1.82, 2.24) is 9.55 Å². The minimum Gasteiger partial charge on any atom is -0.345 e. The molecule has 0 aliphatic heterocycles. The quantitative estimate of drug-likeness (QED) is 0.767. The molecule has 0 saturated carbocycles. The van der Waals surface area contributed by atoms with E-state index in [1.807, 2.05) is 31.5 Å². The summed E-state index contributed by atoms with van der Waals surface area (Å²) in [6.07, 6.45) is 0. The molecule has 1 N–H and O–H groups in total. The van der Waals surface area contributed by atoms with Crippen molar-refractivity contribution >= 4 is 27.0 Å². The standard InChI is InChI=1S/C17H19N3O2S2/c1-11-13(3)23-17(18-11)15-10-16(12(2)20(15)4)24(21,22)19-14-8-6-5-7-9-14/h5-10,19H,1-4H3. The van der Waals surface area contributed by atoms with E-state index in [0.29, 0.717) is 11.4 Å². The molecule has 0 amide bonds. The second kappa shape index (κ2) is 6.07. The van der Waals surface area contributed by atoms with E-state index in [1.165, 1.54) is 0 Å². The maximum absolute atomic E-state index is 12.7. The predicted molar refractivity (Wildman–Crippen MR) is 98.0 cm³/mol. The number of hydrogen-bond donors (Lipinski definition) is 1. The average molecular weight is 361 g/mol. The first-order valence-corrected chi connectivity index (χ1v) is 9.78. The molecule has 3 rings (SSSR count). The number of hydrogen-bond acceptors (Lipinski definition) is 4. The summed E-state index contributed by atoms with van der Waals surface area (Å²) in [6.45, 7) is 5.77. The van der Waals surface area contributed by atoms with Gasteiger partial charge >= 0.3 is 0 Å². The lowest BCUT2D eigenvalue weighted by Crippen LogP contribution is -2.13. The SMILES string of the molecule is Cc1nc(-c2cc(S(=O)(=O)Nc3ccccc3)c(C)n2C)sc1C. The minimum absolute atomic E-state index is 0.273. The Morgan fingerprint density at radius 3 is 2.38 bits per heavy atom. The summed E-state index contributed by atoms with van der Waals surface area (Å²) in [6, 6.07) is 10.6. The Morgan fingerprint density at radius 1 is 1.12 bits per heavy atom. The molecule has 0 radical (unpaired) electrons. The smallest absolute Gasteiger partial charge is 0.263 e. The molecule has 0 atom stereocenters. The fourth-order valence-electron chi connectivity index (χ4n) is 2.45. The number of sulfonamides is 1. The van der Waals surface area contributed by atoms with Crippen LogP contribution in [0.25, 0.3) is 10.7 Å². The van der Waals surface area contributed by atoms with E-state index in [1.54, 1.807) is 48.6 Å². The highest BCUT2D eigenvalue weighted by atomic mass is 32.2. The predicted octanol–water partition coefficient (Wildman–Crippen LogP) is 3.87. The second-order valence-electron chi connectivity index (χ2n) is 5.67. The number of anilines is 1. The van der Waals surface area contributed by atoms with Gasteiger partial charge in [-0.05, 0) is 39.0 Å². The van der Waals surface area contributed by atoms with Crippen molar-refractivity contribution in [1.29, 1.82) is 0 Å². The van der Waals surface area contributed by atoms with Crippen LogP contribution in [0.3, 0.4) is 0 Å². The molecule has 126 valence electrons. The highest BCUT2D eigenvalue weighted by Gasteiger charge is 2.23. The molecule has 1 aromatic carbocycles. The van der Waals surface area contributed by atoms with E-state index < -0.39 is 10.0 Å². The first kappa shape index (κ1) is 16.7. The molecule has 0 spiro atoms.